The molecule has 10 nitrogen and oxygen atoms in total. The van der Waals surface area contributed by atoms with Crippen LogP contribution in [0.25, 0.3) is 0 Å². The SMILES string of the molecule is COc1ccc([C@@H]2CN(C(=O)[C@@H](O)CO)C[C@@]2(C)[C@@H](C)O)cc1OC1CN(c2ccc(OC(F)(F)F)c(C)n2)C1. The maximum absolute atomic E-state index is 12.6. The number of ether oxygens (including phenoxy) is 3. The van der Waals surface area contributed by atoms with Gasteiger partial charge in [-0.15, -0.1) is 13.2 Å². The first-order valence-electron chi connectivity index (χ1n) is 12.8. The topological polar surface area (TPSA) is 125 Å². The Morgan fingerprint density at radius 1 is 1.15 bits per heavy atom. The average molecular weight is 570 g/mol. The number of benzene rings is 1. The van der Waals surface area contributed by atoms with Crippen molar-refractivity contribution >= 4 is 11.7 Å². The Labute approximate surface area is 229 Å². The molecule has 13 heteroatoms. The fourth-order valence-electron chi connectivity index (χ4n) is 5.21. The molecule has 2 aromatic rings. The van der Waals surface area contributed by atoms with Crippen LogP contribution in [0.5, 0.6) is 17.2 Å². The highest BCUT2D eigenvalue weighted by Crippen LogP contribution is 2.47. The summed E-state index contributed by atoms with van der Waals surface area (Å²) in [7, 11) is 1.51. The number of anilines is 1. The second-order valence-corrected chi connectivity index (χ2v) is 10.5. The van der Waals surface area contributed by atoms with Crippen molar-refractivity contribution in [3.05, 3.63) is 41.6 Å². The lowest BCUT2D eigenvalue weighted by atomic mass is 9.72. The third kappa shape index (κ3) is 6.06. The van der Waals surface area contributed by atoms with E-state index in [2.05, 4.69) is 9.72 Å². The summed E-state index contributed by atoms with van der Waals surface area (Å²) in [6.07, 6.45) is -7.35. The molecule has 4 rings (SSSR count). The van der Waals surface area contributed by atoms with E-state index in [1.54, 1.807) is 13.0 Å². The molecule has 0 aliphatic carbocycles. The highest BCUT2D eigenvalue weighted by molar-refractivity contribution is 5.81. The van der Waals surface area contributed by atoms with Gasteiger partial charge >= 0.3 is 6.36 Å². The normalized spacial score (nSPS) is 23.0. The summed E-state index contributed by atoms with van der Waals surface area (Å²) in [5, 5.41) is 29.7. The molecule has 3 heterocycles. The van der Waals surface area contributed by atoms with E-state index >= 15 is 0 Å². The Morgan fingerprint density at radius 3 is 2.40 bits per heavy atom. The summed E-state index contributed by atoms with van der Waals surface area (Å²) < 4.78 is 53.3. The van der Waals surface area contributed by atoms with E-state index in [-0.39, 0.29) is 36.6 Å². The number of aliphatic hydroxyl groups is 3. The molecular formula is C27H34F3N3O7. The third-order valence-electron chi connectivity index (χ3n) is 7.76. The smallest absolute Gasteiger partial charge is 0.493 e. The van der Waals surface area contributed by atoms with Gasteiger partial charge in [-0.25, -0.2) is 4.98 Å². The molecule has 0 unspecified atom stereocenters. The van der Waals surface area contributed by atoms with Gasteiger partial charge in [0, 0.05) is 24.4 Å². The second kappa shape index (κ2) is 11.3. The number of pyridine rings is 1. The van der Waals surface area contributed by atoms with Crippen LogP contribution in [0.1, 0.15) is 31.0 Å². The zero-order chi connectivity index (χ0) is 29.4. The molecule has 0 spiro atoms. The van der Waals surface area contributed by atoms with E-state index in [4.69, 9.17) is 9.47 Å². The molecule has 1 aromatic heterocycles. The van der Waals surface area contributed by atoms with Crippen LogP contribution in [0.15, 0.2) is 30.3 Å². The molecule has 2 aliphatic heterocycles. The first-order valence-corrected chi connectivity index (χ1v) is 12.8. The molecule has 40 heavy (non-hydrogen) atoms. The maximum atomic E-state index is 12.6. The lowest BCUT2D eigenvalue weighted by Gasteiger charge is -2.40. The number of methoxy groups -OCH3 is 1. The van der Waals surface area contributed by atoms with Crippen molar-refractivity contribution < 1.29 is 47.5 Å². The molecule has 0 radical (unpaired) electrons. The van der Waals surface area contributed by atoms with Crippen LogP contribution in [0, 0.1) is 12.3 Å². The number of alkyl halides is 3. The fourth-order valence-corrected chi connectivity index (χ4v) is 5.21. The van der Waals surface area contributed by atoms with Crippen LogP contribution in [0.2, 0.25) is 0 Å². The largest absolute Gasteiger partial charge is 0.573 e. The van der Waals surface area contributed by atoms with E-state index in [0.29, 0.717) is 30.4 Å². The first kappa shape index (κ1) is 29.7. The van der Waals surface area contributed by atoms with Crippen molar-refractivity contribution in [2.75, 3.05) is 44.8 Å². The van der Waals surface area contributed by atoms with Crippen LogP contribution in [0.3, 0.4) is 0 Å². The number of likely N-dealkylation sites (tertiary alicyclic amines) is 1. The van der Waals surface area contributed by atoms with Gasteiger partial charge in [0.2, 0.25) is 0 Å². The lowest BCUT2D eigenvalue weighted by molar-refractivity contribution is -0.275. The molecule has 3 N–H and O–H groups in total. The van der Waals surface area contributed by atoms with Crippen molar-refractivity contribution in [1.29, 1.82) is 0 Å². The predicted molar refractivity (Wildman–Crippen MR) is 137 cm³/mol. The van der Waals surface area contributed by atoms with Crippen molar-refractivity contribution in [2.45, 2.75) is 51.4 Å². The van der Waals surface area contributed by atoms with E-state index in [1.165, 1.54) is 31.1 Å². The minimum Gasteiger partial charge on any atom is -0.493 e. The molecule has 220 valence electrons. The minimum absolute atomic E-state index is 0.116. The number of carbonyl (C=O) groups is 1. The van der Waals surface area contributed by atoms with Crippen LogP contribution in [-0.2, 0) is 4.79 Å². The van der Waals surface area contributed by atoms with Gasteiger partial charge in [0.25, 0.3) is 5.91 Å². The summed E-state index contributed by atoms with van der Waals surface area (Å²) in [4.78, 5) is 20.1. The number of amides is 1. The van der Waals surface area contributed by atoms with E-state index in [1.807, 2.05) is 24.0 Å². The van der Waals surface area contributed by atoms with Gasteiger partial charge in [-0.1, -0.05) is 13.0 Å². The number of rotatable bonds is 9. The number of carbonyl (C=O) groups excluding carboxylic acids is 1. The Bertz CT molecular complexity index is 1220. The van der Waals surface area contributed by atoms with Gasteiger partial charge in [-0.3, -0.25) is 4.79 Å². The fraction of sp³-hybridized carbons (Fsp3) is 0.556. The molecule has 1 amide bonds. The molecule has 2 saturated heterocycles. The first-order chi connectivity index (χ1) is 18.8. The summed E-state index contributed by atoms with van der Waals surface area (Å²) in [5.74, 6) is 0.215. The Balaban J connectivity index is 1.48. The molecular weight excluding hydrogens is 535 g/mol. The minimum atomic E-state index is -4.79. The van der Waals surface area contributed by atoms with Crippen molar-refractivity contribution in [3.8, 4) is 17.2 Å². The lowest BCUT2D eigenvalue weighted by Crippen LogP contribution is -2.54. The Morgan fingerprint density at radius 2 is 1.82 bits per heavy atom. The number of nitrogens with zero attached hydrogens (tertiary/aromatic N) is 3. The molecule has 2 fully saturated rings. The quantitative estimate of drug-likeness (QED) is 0.417. The monoisotopic (exact) mass is 569 g/mol. The van der Waals surface area contributed by atoms with Crippen LogP contribution in [-0.4, -0.2) is 95.7 Å². The second-order valence-electron chi connectivity index (χ2n) is 10.5. The number of halogens is 3. The summed E-state index contributed by atoms with van der Waals surface area (Å²) in [6, 6.07) is 8.11. The summed E-state index contributed by atoms with van der Waals surface area (Å²) in [5.41, 5.74) is 0.196. The summed E-state index contributed by atoms with van der Waals surface area (Å²) in [6.45, 7) is 5.59. The Kier molecular flexibility index (Phi) is 8.38. The van der Waals surface area contributed by atoms with Gasteiger partial charge in [-0.05, 0) is 43.7 Å². The highest BCUT2D eigenvalue weighted by Gasteiger charge is 2.49. The zero-order valence-electron chi connectivity index (χ0n) is 22.7. The van der Waals surface area contributed by atoms with Crippen LogP contribution < -0.4 is 19.1 Å². The number of hydrogen-bond acceptors (Lipinski definition) is 9. The number of hydrogen-bond donors (Lipinski definition) is 3. The van der Waals surface area contributed by atoms with Crippen molar-refractivity contribution in [2.24, 2.45) is 5.41 Å². The molecule has 4 atom stereocenters. The molecule has 0 saturated carbocycles. The maximum Gasteiger partial charge on any atom is 0.573 e. The predicted octanol–water partition coefficient (Wildman–Crippen LogP) is 2.23. The van der Waals surface area contributed by atoms with Gasteiger partial charge in [0.15, 0.2) is 23.4 Å². The van der Waals surface area contributed by atoms with E-state index in [0.717, 1.165) is 5.56 Å². The van der Waals surface area contributed by atoms with Gasteiger partial charge in [0.1, 0.15) is 11.9 Å². The van der Waals surface area contributed by atoms with Gasteiger partial charge in [-0.2, -0.15) is 0 Å². The van der Waals surface area contributed by atoms with Crippen molar-refractivity contribution in [3.63, 3.8) is 0 Å². The van der Waals surface area contributed by atoms with Gasteiger partial charge in [0.05, 0.1) is 38.6 Å². The number of aromatic nitrogens is 1. The van der Waals surface area contributed by atoms with Crippen LogP contribution in [0.4, 0.5) is 19.0 Å². The van der Waals surface area contributed by atoms with Crippen molar-refractivity contribution in [1.82, 2.24) is 9.88 Å². The third-order valence-corrected chi connectivity index (χ3v) is 7.76. The molecule has 1 aromatic carbocycles. The number of aryl methyl sites for hydroxylation is 1. The standard InChI is InChI=1S/C27H34F3N3O7/c1-15-21(40-27(28,29)30)7-8-24(31-15)32-10-18(11-32)39-23-9-17(5-6-22(23)38-4)19-12-33(25(37)20(36)13-34)14-26(19,3)16(2)35/h5-9,16,18-20,34-36H,10-14H2,1-4H3/t16-,19+,20+,26+/m1/s1. The van der Waals surface area contributed by atoms with E-state index in [9.17, 15) is 33.3 Å². The van der Waals surface area contributed by atoms with E-state index < -0.39 is 36.5 Å². The van der Waals surface area contributed by atoms with Gasteiger partial charge < -0.3 is 39.3 Å². The molecule has 2 aliphatic rings. The average Bonchev–Trinajstić information content (AvgIpc) is 3.24. The number of aliphatic hydroxyl groups excluding tert-OH is 3. The Hall–Kier alpha value is -3.29. The van der Waals surface area contributed by atoms with Crippen LogP contribution >= 0.6 is 0 Å². The highest BCUT2D eigenvalue weighted by atomic mass is 19.4. The zero-order valence-corrected chi connectivity index (χ0v) is 22.7. The summed E-state index contributed by atoms with van der Waals surface area (Å²) >= 11 is 0. The molecule has 0 bridgehead atoms.